The summed E-state index contributed by atoms with van der Waals surface area (Å²) in [6, 6.07) is 18.0. The highest BCUT2D eigenvalue weighted by Gasteiger charge is 2.12. The number of benzene rings is 2. The highest BCUT2D eigenvalue weighted by Crippen LogP contribution is 2.19. The minimum atomic E-state index is -0.555. The highest BCUT2D eigenvalue weighted by molar-refractivity contribution is 5.83. The molecule has 3 aromatic rings. The van der Waals surface area contributed by atoms with Crippen molar-refractivity contribution in [2.75, 3.05) is 18.6 Å². The number of hydrogen-bond acceptors (Lipinski definition) is 7. The second-order valence-electron chi connectivity index (χ2n) is 5.60. The van der Waals surface area contributed by atoms with Crippen molar-refractivity contribution in [2.45, 2.75) is 0 Å². The van der Waals surface area contributed by atoms with Crippen LogP contribution in [0.4, 0.5) is 5.95 Å². The number of rotatable bonds is 7. The van der Waals surface area contributed by atoms with Gasteiger partial charge in [0.25, 0.3) is 5.56 Å². The molecule has 0 spiro atoms. The molecule has 0 unspecified atom stereocenters. The van der Waals surface area contributed by atoms with Gasteiger partial charge in [-0.25, -0.2) is 10.4 Å². The van der Waals surface area contributed by atoms with Crippen molar-refractivity contribution in [3.05, 3.63) is 76.1 Å². The van der Waals surface area contributed by atoms with Gasteiger partial charge in [-0.15, -0.1) is 0 Å². The fraction of sp³-hybridized carbons (Fsp3) is 0.100. The van der Waals surface area contributed by atoms with Gasteiger partial charge in [-0.2, -0.15) is 10.4 Å². The molecule has 3 rings (SSSR count). The second kappa shape index (κ2) is 9.12. The summed E-state index contributed by atoms with van der Waals surface area (Å²) in [5, 5.41) is 22.3. The van der Waals surface area contributed by atoms with Crippen LogP contribution in [0, 0.1) is 11.3 Å². The lowest BCUT2D eigenvalue weighted by Gasteiger charge is -2.07. The number of anilines is 1. The van der Waals surface area contributed by atoms with Gasteiger partial charge in [-0.3, -0.25) is 9.78 Å². The number of nitriles is 1. The third kappa shape index (κ3) is 4.41. The van der Waals surface area contributed by atoms with Crippen molar-refractivity contribution in [2.24, 2.45) is 5.10 Å². The lowest BCUT2D eigenvalue weighted by atomic mass is 10.1. The van der Waals surface area contributed by atoms with Crippen LogP contribution in [0.3, 0.4) is 0 Å². The Balaban J connectivity index is 1.86. The fourth-order valence-corrected chi connectivity index (χ4v) is 2.47. The topological polar surface area (TPSA) is 123 Å². The molecule has 140 valence electrons. The SMILES string of the molecule is N#Cc1c(-c2ccccc2)nc(NN=Cc2ccccc2OCCO)[nH]c1=O. The lowest BCUT2D eigenvalue weighted by molar-refractivity contribution is 0.201. The maximum atomic E-state index is 12.2. The number of aromatic nitrogens is 2. The number of nitrogens with one attached hydrogen (secondary N) is 2. The van der Waals surface area contributed by atoms with E-state index in [1.807, 2.05) is 24.3 Å². The van der Waals surface area contributed by atoms with Crippen LogP contribution in [-0.2, 0) is 0 Å². The fourth-order valence-electron chi connectivity index (χ4n) is 2.47. The van der Waals surface area contributed by atoms with E-state index in [9.17, 15) is 10.1 Å². The number of H-pyrrole nitrogens is 1. The van der Waals surface area contributed by atoms with Gasteiger partial charge < -0.3 is 9.84 Å². The number of nitrogens with zero attached hydrogens (tertiary/aromatic N) is 3. The molecule has 0 aliphatic carbocycles. The third-order valence-corrected chi connectivity index (χ3v) is 3.72. The summed E-state index contributed by atoms with van der Waals surface area (Å²) in [6.07, 6.45) is 1.51. The van der Waals surface area contributed by atoms with E-state index < -0.39 is 5.56 Å². The molecule has 0 saturated carbocycles. The molecule has 0 fully saturated rings. The number of aromatic amines is 1. The molecule has 3 N–H and O–H groups in total. The minimum Gasteiger partial charge on any atom is -0.491 e. The number of aliphatic hydroxyl groups excluding tert-OH is 1. The van der Waals surface area contributed by atoms with Gasteiger partial charge in [0.15, 0.2) is 0 Å². The summed E-state index contributed by atoms with van der Waals surface area (Å²) in [5.74, 6) is 0.668. The van der Waals surface area contributed by atoms with Gasteiger partial charge in [0.05, 0.1) is 18.5 Å². The average molecular weight is 375 g/mol. The first-order chi connectivity index (χ1) is 13.7. The molecule has 0 radical (unpaired) electrons. The molecule has 2 aromatic carbocycles. The molecule has 0 amide bonds. The van der Waals surface area contributed by atoms with Gasteiger partial charge in [0.1, 0.15) is 24.0 Å². The molecule has 1 heterocycles. The van der Waals surface area contributed by atoms with Crippen LogP contribution in [0.15, 0.2) is 64.5 Å². The van der Waals surface area contributed by atoms with Crippen LogP contribution in [0.1, 0.15) is 11.1 Å². The zero-order valence-corrected chi connectivity index (χ0v) is 14.8. The average Bonchev–Trinajstić information content (AvgIpc) is 2.73. The Kier molecular flexibility index (Phi) is 6.13. The van der Waals surface area contributed by atoms with Crippen LogP contribution in [0.5, 0.6) is 5.75 Å². The molecule has 8 heteroatoms. The Hall–Kier alpha value is -3.96. The van der Waals surface area contributed by atoms with E-state index in [4.69, 9.17) is 9.84 Å². The standard InChI is InChI=1S/C20H17N5O3/c21-12-16-18(14-6-2-1-3-7-14)23-20(24-19(16)27)25-22-13-15-8-4-5-9-17(15)28-11-10-26/h1-9,13,26H,10-11H2,(H2,23,24,25,27). The summed E-state index contributed by atoms with van der Waals surface area (Å²) in [6.45, 7) is 0.0750. The molecule has 0 atom stereocenters. The summed E-state index contributed by atoms with van der Waals surface area (Å²) in [7, 11) is 0. The Morgan fingerprint density at radius 1 is 1.21 bits per heavy atom. The summed E-state index contributed by atoms with van der Waals surface area (Å²) in [4.78, 5) is 19.0. The number of aliphatic hydroxyl groups is 1. The normalized spacial score (nSPS) is 10.6. The van der Waals surface area contributed by atoms with Crippen LogP contribution >= 0.6 is 0 Å². The first-order valence-corrected chi connectivity index (χ1v) is 8.44. The largest absolute Gasteiger partial charge is 0.491 e. The number of hydrazone groups is 1. The molecule has 0 aliphatic heterocycles. The molecular formula is C20H17N5O3. The van der Waals surface area contributed by atoms with E-state index >= 15 is 0 Å². The van der Waals surface area contributed by atoms with E-state index in [0.717, 1.165) is 0 Å². The number of hydrogen-bond donors (Lipinski definition) is 3. The maximum absolute atomic E-state index is 12.2. The van der Waals surface area contributed by atoms with Gasteiger partial charge >= 0.3 is 0 Å². The molecular weight excluding hydrogens is 358 g/mol. The van der Waals surface area contributed by atoms with Crippen molar-refractivity contribution in [3.63, 3.8) is 0 Å². The zero-order chi connectivity index (χ0) is 19.8. The van der Waals surface area contributed by atoms with Crippen LogP contribution in [-0.4, -0.2) is 34.5 Å². The Morgan fingerprint density at radius 2 is 1.96 bits per heavy atom. The molecule has 8 nitrogen and oxygen atoms in total. The van der Waals surface area contributed by atoms with Gasteiger partial charge in [-0.05, 0) is 12.1 Å². The van der Waals surface area contributed by atoms with E-state index in [2.05, 4.69) is 20.5 Å². The summed E-state index contributed by atoms with van der Waals surface area (Å²) in [5.41, 5.74) is 3.66. The summed E-state index contributed by atoms with van der Waals surface area (Å²) < 4.78 is 5.44. The predicted octanol–water partition coefficient (Wildman–Crippen LogP) is 2.13. The lowest BCUT2D eigenvalue weighted by Crippen LogP contribution is -2.16. The quantitative estimate of drug-likeness (QED) is 0.429. The Bertz CT molecular complexity index is 1070. The van der Waals surface area contributed by atoms with Crippen LogP contribution in [0.25, 0.3) is 11.3 Å². The molecule has 0 saturated heterocycles. The Morgan fingerprint density at radius 3 is 2.71 bits per heavy atom. The van der Waals surface area contributed by atoms with Crippen molar-refractivity contribution in [1.29, 1.82) is 5.26 Å². The van der Waals surface area contributed by atoms with E-state index in [0.29, 0.717) is 16.9 Å². The highest BCUT2D eigenvalue weighted by atomic mass is 16.5. The second-order valence-corrected chi connectivity index (χ2v) is 5.60. The van der Waals surface area contributed by atoms with Crippen LogP contribution < -0.4 is 15.7 Å². The Labute approximate surface area is 160 Å². The van der Waals surface area contributed by atoms with Gasteiger partial charge in [0.2, 0.25) is 5.95 Å². The zero-order valence-electron chi connectivity index (χ0n) is 14.8. The molecule has 0 bridgehead atoms. The first kappa shape index (κ1) is 18.8. The van der Waals surface area contributed by atoms with Gasteiger partial charge in [0, 0.05) is 11.1 Å². The van der Waals surface area contributed by atoms with E-state index in [-0.39, 0.29) is 30.4 Å². The molecule has 28 heavy (non-hydrogen) atoms. The van der Waals surface area contributed by atoms with Crippen molar-refractivity contribution >= 4 is 12.2 Å². The smallest absolute Gasteiger partial charge is 0.270 e. The molecule has 1 aromatic heterocycles. The van der Waals surface area contributed by atoms with Crippen molar-refractivity contribution < 1.29 is 9.84 Å². The maximum Gasteiger partial charge on any atom is 0.270 e. The van der Waals surface area contributed by atoms with E-state index in [1.165, 1.54) is 6.21 Å². The minimum absolute atomic E-state index is 0.0662. The van der Waals surface area contributed by atoms with E-state index in [1.54, 1.807) is 36.4 Å². The van der Waals surface area contributed by atoms with Crippen molar-refractivity contribution in [1.82, 2.24) is 9.97 Å². The van der Waals surface area contributed by atoms with Crippen molar-refractivity contribution in [3.8, 4) is 23.1 Å². The number of ether oxygens (including phenoxy) is 1. The predicted molar refractivity (Wildman–Crippen MR) is 105 cm³/mol. The number of para-hydroxylation sites is 1. The molecule has 0 aliphatic rings. The first-order valence-electron chi connectivity index (χ1n) is 8.44. The van der Waals surface area contributed by atoms with Gasteiger partial charge in [-0.1, -0.05) is 42.5 Å². The van der Waals surface area contributed by atoms with Crippen LogP contribution in [0.2, 0.25) is 0 Å². The third-order valence-electron chi connectivity index (χ3n) is 3.72. The monoisotopic (exact) mass is 375 g/mol. The summed E-state index contributed by atoms with van der Waals surface area (Å²) >= 11 is 0.